The average molecular weight is 271 g/mol. The summed E-state index contributed by atoms with van der Waals surface area (Å²) in [6.45, 7) is 1.36. The third kappa shape index (κ3) is 2.86. The molecule has 1 fully saturated rings. The van der Waals surface area contributed by atoms with E-state index >= 15 is 0 Å². The van der Waals surface area contributed by atoms with E-state index in [4.69, 9.17) is 10.8 Å². The van der Waals surface area contributed by atoms with Crippen molar-refractivity contribution in [3.8, 4) is 0 Å². The summed E-state index contributed by atoms with van der Waals surface area (Å²) in [5.41, 5.74) is 5.24. The quantitative estimate of drug-likeness (QED) is 0.730. The van der Waals surface area contributed by atoms with E-state index in [0.717, 1.165) is 6.42 Å². The summed E-state index contributed by atoms with van der Waals surface area (Å²) in [6.07, 6.45) is -0.353. The first-order chi connectivity index (χ1) is 8.99. The molecule has 2 rings (SSSR count). The summed E-state index contributed by atoms with van der Waals surface area (Å²) < 4.78 is 27.1. The van der Waals surface area contributed by atoms with Gasteiger partial charge in [-0.25, -0.2) is 13.6 Å². The number of nitrogens with two attached hydrogens (primary N) is 1. The molecule has 0 spiro atoms. The van der Waals surface area contributed by atoms with Crippen molar-refractivity contribution in [3.63, 3.8) is 0 Å². The molecule has 0 aromatic heterocycles. The predicted molar refractivity (Wildman–Crippen MR) is 67.1 cm³/mol. The van der Waals surface area contributed by atoms with Gasteiger partial charge in [-0.2, -0.15) is 0 Å². The van der Waals surface area contributed by atoms with Crippen LogP contribution in [-0.2, 0) is 0 Å². The fraction of sp³-hybridized carbons (Fsp3) is 0.417. The Morgan fingerprint density at radius 3 is 2.89 bits per heavy atom. The van der Waals surface area contributed by atoms with Crippen LogP contribution in [0.25, 0.3) is 0 Å². The Morgan fingerprint density at radius 2 is 2.21 bits per heavy atom. The minimum absolute atomic E-state index is 0.0936. The lowest BCUT2D eigenvalue weighted by Crippen LogP contribution is -2.30. The molecular weight excluding hydrogens is 256 g/mol. The molecule has 0 bridgehead atoms. The van der Waals surface area contributed by atoms with E-state index in [1.165, 1.54) is 12.1 Å². The Bertz CT molecular complexity index is 496. The van der Waals surface area contributed by atoms with E-state index < -0.39 is 17.7 Å². The van der Waals surface area contributed by atoms with Crippen LogP contribution in [0.1, 0.15) is 6.42 Å². The van der Waals surface area contributed by atoms with Crippen LogP contribution < -0.4 is 16.0 Å². The van der Waals surface area contributed by atoms with Gasteiger partial charge in [0.25, 0.3) is 0 Å². The second kappa shape index (κ2) is 5.29. The van der Waals surface area contributed by atoms with Gasteiger partial charge in [-0.05, 0) is 24.5 Å². The maximum Gasteiger partial charge on any atom is 0.404 e. The number of hydrogen-bond acceptors (Lipinski definition) is 3. The van der Waals surface area contributed by atoms with Gasteiger partial charge in [-0.15, -0.1) is 0 Å². The van der Waals surface area contributed by atoms with Gasteiger partial charge in [0.15, 0.2) is 11.6 Å². The molecule has 1 atom stereocenters. The Kier molecular flexibility index (Phi) is 3.73. The first-order valence-electron chi connectivity index (χ1n) is 5.94. The lowest BCUT2D eigenvalue weighted by Gasteiger charge is -2.20. The van der Waals surface area contributed by atoms with Crippen LogP contribution in [0.4, 0.5) is 25.0 Å². The van der Waals surface area contributed by atoms with Crippen LogP contribution in [0.15, 0.2) is 12.1 Å². The van der Waals surface area contributed by atoms with Crippen LogP contribution in [0.2, 0.25) is 0 Å². The second-order valence-corrected chi connectivity index (χ2v) is 4.59. The molecule has 0 saturated carbocycles. The maximum atomic E-state index is 13.7. The van der Waals surface area contributed by atoms with E-state index in [1.54, 1.807) is 4.90 Å². The Morgan fingerprint density at radius 1 is 1.47 bits per heavy atom. The number of carboxylic acid groups (broad SMARTS) is 1. The number of amides is 1. The van der Waals surface area contributed by atoms with Crippen molar-refractivity contribution in [2.75, 3.05) is 30.3 Å². The largest absolute Gasteiger partial charge is 0.465 e. The zero-order valence-electron chi connectivity index (χ0n) is 10.2. The highest BCUT2D eigenvalue weighted by molar-refractivity contribution is 5.64. The van der Waals surface area contributed by atoms with E-state index in [-0.39, 0.29) is 17.3 Å². The predicted octanol–water partition coefficient (Wildman–Crippen LogP) is 1.64. The lowest BCUT2D eigenvalue weighted by molar-refractivity contribution is 0.192. The Labute approximate surface area is 109 Å². The lowest BCUT2D eigenvalue weighted by atomic mass is 10.1. The molecule has 5 nitrogen and oxygen atoms in total. The highest BCUT2D eigenvalue weighted by Gasteiger charge is 2.26. The number of nitrogens with zero attached hydrogens (tertiary/aromatic N) is 1. The summed E-state index contributed by atoms with van der Waals surface area (Å²) in [5, 5.41) is 10.8. The third-order valence-electron chi connectivity index (χ3n) is 3.26. The molecule has 0 aliphatic carbocycles. The first kappa shape index (κ1) is 13.4. The van der Waals surface area contributed by atoms with Crippen molar-refractivity contribution in [1.29, 1.82) is 0 Å². The highest BCUT2D eigenvalue weighted by atomic mass is 19.2. The van der Waals surface area contributed by atoms with Gasteiger partial charge in [0.2, 0.25) is 0 Å². The summed E-state index contributed by atoms with van der Waals surface area (Å²) in [6, 6.07) is 2.78. The van der Waals surface area contributed by atoms with Gasteiger partial charge >= 0.3 is 6.09 Å². The number of anilines is 2. The van der Waals surface area contributed by atoms with Crippen LogP contribution in [0, 0.1) is 17.6 Å². The van der Waals surface area contributed by atoms with Crippen LogP contribution in [-0.4, -0.2) is 30.8 Å². The number of rotatable bonds is 3. The van der Waals surface area contributed by atoms with E-state index in [0.29, 0.717) is 19.6 Å². The molecule has 1 aliphatic heterocycles. The normalized spacial score (nSPS) is 18.6. The summed E-state index contributed by atoms with van der Waals surface area (Å²) in [4.78, 5) is 12.1. The Balaban J connectivity index is 2.05. The standard InChI is InChI=1S/C12H15F2N3O2/c13-10-8(15)1-2-9(11(10)14)17-4-3-7(6-17)5-16-12(18)19/h1-2,7,16H,3-6,15H2,(H,18,19). The smallest absolute Gasteiger partial charge is 0.404 e. The van der Waals surface area contributed by atoms with Crippen LogP contribution >= 0.6 is 0 Å². The number of halogens is 2. The molecule has 0 radical (unpaired) electrons. The molecule has 1 amide bonds. The first-order valence-corrected chi connectivity index (χ1v) is 5.94. The van der Waals surface area contributed by atoms with Crippen molar-refractivity contribution in [2.45, 2.75) is 6.42 Å². The van der Waals surface area contributed by atoms with E-state index in [1.807, 2.05) is 0 Å². The average Bonchev–Trinajstić information content (AvgIpc) is 2.82. The van der Waals surface area contributed by atoms with Gasteiger partial charge in [0, 0.05) is 19.6 Å². The molecule has 104 valence electrons. The van der Waals surface area contributed by atoms with Crippen molar-refractivity contribution in [1.82, 2.24) is 5.32 Å². The van der Waals surface area contributed by atoms with Gasteiger partial charge in [-0.1, -0.05) is 0 Å². The van der Waals surface area contributed by atoms with Crippen molar-refractivity contribution in [3.05, 3.63) is 23.8 Å². The minimum Gasteiger partial charge on any atom is -0.465 e. The van der Waals surface area contributed by atoms with Gasteiger partial charge in [0.1, 0.15) is 0 Å². The number of nitrogens with one attached hydrogen (secondary N) is 1. The monoisotopic (exact) mass is 271 g/mol. The maximum absolute atomic E-state index is 13.7. The van der Waals surface area contributed by atoms with Gasteiger partial charge in [-0.3, -0.25) is 0 Å². The fourth-order valence-corrected chi connectivity index (χ4v) is 2.25. The van der Waals surface area contributed by atoms with E-state index in [2.05, 4.69) is 5.32 Å². The summed E-state index contributed by atoms with van der Waals surface area (Å²) >= 11 is 0. The molecular formula is C12H15F2N3O2. The molecule has 7 heteroatoms. The van der Waals surface area contributed by atoms with Crippen molar-refractivity contribution < 1.29 is 18.7 Å². The van der Waals surface area contributed by atoms with Gasteiger partial charge in [0.05, 0.1) is 11.4 Å². The molecule has 1 aromatic rings. The second-order valence-electron chi connectivity index (χ2n) is 4.59. The molecule has 1 unspecified atom stereocenters. The molecule has 1 aliphatic rings. The number of nitrogen functional groups attached to an aromatic ring is 1. The van der Waals surface area contributed by atoms with Crippen molar-refractivity contribution >= 4 is 17.5 Å². The number of carbonyl (C=O) groups is 1. The minimum atomic E-state index is -1.08. The zero-order chi connectivity index (χ0) is 14.0. The summed E-state index contributed by atoms with van der Waals surface area (Å²) in [5.74, 6) is -1.90. The molecule has 19 heavy (non-hydrogen) atoms. The van der Waals surface area contributed by atoms with Crippen LogP contribution in [0.3, 0.4) is 0 Å². The van der Waals surface area contributed by atoms with Crippen LogP contribution in [0.5, 0.6) is 0 Å². The highest BCUT2D eigenvalue weighted by Crippen LogP contribution is 2.29. The van der Waals surface area contributed by atoms with Crippen molar-refractivity contribution in [2.24, 2.45) is 5.92 Å². The number of hydrogen-bond donors (Lipinski definition) is 3. The molecule has 1 aromatic carbocycles. The van der Waals surface area contributed by atoms with Gasteiger partial charge < -0.3 is 21.1 Å². The SMILES string of the molecule is Nc1ccc(N2CCC(CNC(=O)O)C2)c(F)c1F. The topological polar surface area (TPSA) is 78.6 Å². The molecule has 1 heterocycles. The van der Waals surface area contributed by atoms with E-state index in [9.17, 15) is 13.6 Å². The molecule has 1 saturated heterocycles. The number of benzene rings is 1. The fourth-order valence-electron chi connectivity index (χ4n) is 2.25. The Hall–Kier alpha value is -2.05. The molecule has 4 N–H and O–H groups in total. The zero-order valence-corrected chi connectivity index (χ0v) is 10.2. The summed E-state index contributed by atoms with van der Waals surface area (Å²) in [7, 11) is 0. The third-order valence-corrected chi connectivity index (χ3v) is 3.26.